The van der Waals surface area contributed by atoms with Gasteiger partial charge in [-0.25, -0.2) is 0 Å². The van der Waals surface area contributed by atoms with E-state index in [-0.39, 0.29) is 26.7 Å². The molecule has 3 unspecified atom stereocenters. The number of aromatic hydroxyl groups is 1. The second-order valence-electron chi connectivity index (χ2n) is 12.7. The molecular weight excluding hydrogens is 697 g/mol. The molecule has 1 aliphatic heterocycles. The molecule has 1 saturated heterocycles. The number of hydrogen-bond acceptors (Lipinski definition) is 8. The van der Waals surface area contributed by atoms with Crippen molar-refractivity contribution in [3.63, 3.8) is 0 Å². The average molecular weight is 733 g/mol. The first-order valence-electron chi connectivity index (χ1n) is 16.9. The monoisotopic (exact) mass is 732 g/mol. The van der Waals surface area contributed by atoms with Gasteiger partial charge < -0.3 is 24.4 Å². The number of piperidine rings is 1. The third-order valence-corrected chi connectivity index (χ3v) is 10.3. The summed E-state index contributed by atoms with van der Waals surface area (Å²) in [4.78, 5) is 39.0. The molecule has 13 heteroatoms. The zero-order chi connectivity index (χ0) is 36.4. The average Bonchev–Trinajstić information content (AvgIpc) is 3.15. The Bertz CT molecular complexity index is 2350. The molecule has 0 spiro atoms. The highest BCUT2D eigenvalue weighted by Crippen LogP contribution is 2.39. The Balaban J connectivity index is 1.47. The molecular formula is C39H36N6O5S2. The molecule has 7 rings (SSSR count). The molecule has 11 nitrogen and oxygen atoms in total. The predicted octanol–water partition coefficient (Wildman–Crippen LogP) is 4.78. The number of ether oxygens (including phenoxy) is 1. The summed E-state index contributed by atoms with van der Waals surface area (Å²) in [6.07, 6.45) is 6.81. The Hall–Kier alpha value is -5.63. The second-order valence-corrected chi connectivity index (χ2v) is 13.5. The van der Waals surface area contributed by atoms with E-state index in [4.69, 9.17) is 29.2 Å². The number of pyridine rings is 1. The number of nitrogens with zero attached hydrogens (tertiary/aromatic N) is 3. The van der Waals surface area contributed by atoms with Crippen LogP contribution in [0.1, 0.15) is 59.0 Å². The summed E-state index contributed by atoms with van der Waals surface area (Å²) < 4.78 is 8.22. The van der Waals surface area contributed by atoms with Gasteiger partial charge in [0.1, 0.15) is 18.3 Å². The summed E-state index contributed by atoms with van der Waals surface area (Å²) in [6, 6.07) is 27.0. The van der Waals surface area contributed by atoms with Gasteiger partial charge in [0.2, 0.25) is 5.88 Å². The maximum Gasteiger partial charge on any atom is 0.259 e. The Morgan fingerprint density at radius 2 is 1.56 bits per heavy atom. The number of methoxy groups -OCH3 is 1. The van der Waals surface area contributed by atoms with E-state index in [0.717, 1.165) is 36.9 Å². The fraction of sp³-hybridized carbons (Fsp3) is 0.205. The highest BCUT2D eigenvalue weighted by Gasteiger charge is 2.33. The highest BCUT2D eigenvalue weighted by atomic mass is 32.1. The smallest absolute Gasteiger partial charge is 0.259 e. The Morgan fingerprint density at radius 3 is 2.21 bits per heavy atom. The summed E-state index contributed by atoms with van der Waals surface area (Å²) in [5, 5.41) is 26.6. The van der Waals surface area contributed by atoms with Crippen LogP contribution < -0.4 is 25.9 Å². The predicted molar refractivity (Wildman–Crippen MR) is 200 cm³/mol. The Morgan fingerprint density at radius 1 is 0.904 bits per heavy atom. The van der Waals surface area contributed by atoms with Crippen molar-refractivity contribution in [2.24, 2.45) is 0 Å². The fourth-order valence-corrected chi connectivity index (χ4v) is 7.89. The van der Waals surface area contributed by atoms with E-state index < -0.39 is 28.8 Å². The number of aromatic nitrogens is 5. The zero-order valence-electron chi connectivity index (χ0n) is 28.2. The molecule has 0 saturated carbocycles. The van der Waals surface area contributed by atoms with Crippen LogP contribution in [0.3, 0.4) is 0 Å². The topological polar surface area (TPSA) is 145 Å². The van der Waals surface area contributed by atoms with Crippen molar-refractivity contribution in [3.05, 3.63) is 161 Å². The van der Waals surface area contributed by atoms with Crippen molar-refractivity contribution < 1.29 is 19.8 Å². The lowest BCUT2D eigenvalue weighted by atomic mass is 9.85. The van der Waals surface area contributed by atoms with Crippen LogP contribution in [0, 0.1) is 9.54 Å². The van der Waals surface area contributed by atoms with Gasteiger partial charge in [-0.1, -0.05) is 48.5 Å². The first kappa shape index (κ1) is 34.8. The number of benzene rings is 3. The molecule has 3 aromatic heterocycles. The van der Waals surface area contributed by atoms with Crippen LogP contribution in [0.25, 0.3) is 11.4 Å². The van der Waals surface area contributed by atoms with Crippen LogP contribution in [-0.4, -0.2) is 42.8 Å². The van der Waals surface area contributed by atoms with Gasteiger partial charge in [-0.3, -0.25) is 29.1 Å². The number of nitrogens with one attached hydrogen (secondary N) is 3. The van der Waals surface area contributed by atoms with Crippen molar-refractivity contribution in [3.8, 4) is 28.9 Å². The first-order valence-corrected chi connectivity index (χ1v) is 17.7. The lowest BCUT2D eigenvalue weighted by Crippen LogP contribution is -3.11. The number of rotatable bonds is 9. The minimum absolute atomic E-state index is 0.0572. The van der Waals surface area contributed by atoms with Crippen LogP contribution in [-0.2, 0) is 6.54 Å². The van der Waals surface area contributed by atoms with Crippen LogP contribution in [0.15, 0.2) is 113 Å². The first-order chi connectivity index (χ1) is 25.3. The van der Waals surface area contributed by atoms with Crippen LogP contribution in [0.2, 0.25) is 0 Å². The Labute approximate surface area is 309 Å². The van der Waals surface area contributed by atoms with E-state index >= 15 is 0 Å². The number of quaternary nitrogens is 1. The van der Waals surface area contributed by atoms with Crippen molar-refractivity contribution in [2.75, 3.05) is 13.7 Å². The Kier molecular flexibility index (Phi) is 9.99. The summed E-state index contributed by atoms with van der Waals surface area (Å²) in [5.41, 5.74) is 1.22. The second kappa shape index (κ2) is 14.9. The maximum atomic E-state index is 14.6. The molecule has 0 aliphatic carbocycles. The van der Waals surface area contributed by atoms with Gasteiger partial charge in [-0.15, -0.1) is 0 Å². The van der Waals surface area contributed by atoms with Gasteiger partial charge in [0, 0.05) is 41.2 Å². The fourth-order valence-electron chi connectivity index (χ4n) is 7.33. The maximum absolute atomic E-state index is 14.6. The van der Waals surface area contributed by atoms with Gasteiger partial charge in [-0.05, 0) is 91.2 Å². The van der Waals surface area contributed by atoms with Crippen molar-refractivity contribution in [2.45, 2.75) is 37.8 Å². The summed E-state index contributed by atoms with van der Waals surface area (Å²) in [6.45, 7) is 1.46. The van der Waals surface area contributed by atoms with Gasteiger partial charge in [0.15, 0.2) is 9.54 Å². The molecule has 264 valence electrons. The number of H-pyrrole nitrogens is 2. The van der Waals surface area contributed by atoms with E-state index in [2.05, 4.69) is 21.0 Å². The molecule has 3 aromatic carbocycles. The summed E-state index contributed by atoms with van der Waals surface area (Å²) in [7, 11) is 1.59. The number of hydrogen-bond donors (Lipinski definition) is 4. The molecule has 0 radical (unpaired) electrons. The van der Waals surface area contributed by atoms with Crippen LogP contribution in [0.5, 0.6) is 17.5 Å². The van der Waals surface area contributed by atoms with Gasteiger partial charge in [-0.2, -0.15) is 0 Å². The molecule has 4 N–H and O–H groups in total. The van der Waals surface area contributed by atoms with Crippen molar-refractivity contribution in [1.82, 2.24) is 24.1 Å². The lowest BCUT2D eigenvalue weighted by molar-refractivity contribution is -0.950. The van der Waals surface area contributed by atoms with E-state index in [9.17, 15) is 19.8 Å². The molecule has 4 heterocycles. The van der Waals surface area contributed by atoms with Gasteiger partial charge >= 0.3 is 0 Å². The SMILES string of the molecule is COc1ccc(C(c2c([O-])n(-c3ccccc3)c(=S)[nH]c2=O)c2c(O)n(-c3ccccc3)c(=S)[nH]c2=O)cc1C[NH+]1CCCCC1c1cccnc1. The standard InChI is InChI=1S/C39H36N6O5S2/c1-50-30-18-17-24(21-26(30)23-43-20-9-8-16-29(43)25-11-10-19-40-22-25)31(32-34(46)41-38(51)44(36(32)48)27-12-4-2-5-13-27)33-35(47)42-39(52)45(37(33)49)28-14-6-3-7-15-28/h2-7,10-15,17-19,21-22,29,31,48-49H,8-9,16,20,23H2,1H3,(H,41,46,51)(H,42,47,52). The molecule has 0 amide bonds. The van der Waals surface area contributed by atoms with Crippen LogP contribution >= 0.6 is 24.4 Å². The minimum atomic E-state index is -1.36. The lowest BCUT2D eigenvalue weighted by Gasteiger charge is -2.33. The molecule has 1 aliphatic rings. The van der Waals surface area contributed by atoms with Gasteiger partial charge in [0.05, 0.1) is 30.8 Å². The van der Waals surface area contributed by atoms with Crippen molar-refractivity contribution >= 4 is 24.4 Å². The van der Waals surface area contributed by atoms with E-state index in [1.54, 1.807) is 80.0 Å². The van der Waals surface area contributed by atoms with E-state index in [0.29, 0.717) is 29.2 Å². The largest absolute Gasteiger partial charge is 0.859 e. The molecule has 0 bridgehead atoms. The summed E-state index contributed by atoms with van der Waals surface area (Å²) >= 11 is 11.0. The number of likely N-dealkylation sites (tertiary alicyclic amines) is 1. The molecule has 1 fully saturated rings. The van der Waals surface area contributed by atoms with E-state index in [1.165, 1.54) is 14.0 Å². The molecule has 52 heavy (non-hydrogen) atoms. The quantitative estimate of drug-likeness (QED) is 0.156. The number of aromatic amines is 2. The van der Waals surface area contributed by atoms with Gasteiger partial charge in [0.25, 0.3) is 11.1 Å². The highest BCUT2D eigenvalue weighted by molar-refractivity contribution is 7.71. The zero-order valence-corrected chi connectivity index (χ0v) is 29.9. The third kappa shape index (κ3) is 6.61. The third-order valence-electron chi connectivity index (χ3n) is 9.70. The number of para-hydroxylation sites is 2. The van der Waals surface area contributed by atoms with Crippen LogP contribution in [0.4, 0.5) is 0 Å². The van der Waals surface area contributed by atoms with Crippen molar-refractivity contribution in [1.29, 1.82) is 0 Å². The minimum Gasteiger partial charge on any atom is -0.859 e. The molecule has 3 atom stereocenters. The summed E-state index contributed by atoms with van der Waals surface area (Å²) in [5.74, 6) is -1.98. The molecule has 6 aromatic rings. The normalized spacial score (nSPS) is 16.3. The van der Waals surface area contributed by atoms with E-state index in [1.807, 2.05) is 24.4 Å².